The molecule has 0 saturated carbocycles. The summed E-state index contributed by atoms with van der Waals surface area (Å²) in [5.74, 6) is 1.77. The van der Waals surface area contributed by atoms with Crippen LogP contribution in [0, 0.1) is 0 Å². The lowest BCUT2D eigenvalue weighted by Crippen LogP contribution is -2.40. The highest BCUT2D eigenvalue weighted by Gasteiger charge is 2.27. The van der Waals surface area contributed by atoms with E-state index in [2.05, 4.69) is 4.98 Å². The van der Waals surface area contributed by atoms with Crippen molar-refractivity contribution in [1.82, 2.24) is 9.88 Å². The fourth-order valence-electron chi connectivity index (χ4n) is 2.68. The van der Waals surface area contributed by atoms with Gasteiger partial charge in [-0.2, -0.15) is 11.8 Å². The number of aromatic nitrogens is 1. The quantitative estimate of drug-likeness (QED) is 0.872. The number of amides is 1. The maximum atomic E-state index is 12.0. The number of thioether (sulfide) groups is 1. The average molecular weight is 290 g/mol. The average Bonchev–Trinajstić information content (AvgIpc) is 2.91. The van der Waals surface area contributed by atoms with Gasteiger partial charge in [0, 0.05) is 13.1 Å². The first-order chi connectivity index (χ1) is 9.78. The van der Waals surface area contributed by atoms with Gasteiger partial charge in [0.05, 0.1) is 11.7 Å². The summed E-state index contributed by atoms with van der Waals surface area (Å²) >= 11 is 1.57. The van der Waals surface area contributed by atoms with E-state index in [1.807, 2.05) is 35.4 Å². The molecule has 0 radical (unpaired) electrons. The van der Waals surface area contributed by atoms with E-state index in [0.717, 1.165) is 42.9 Å². The molecule has 3 rings (SSSR count). The van der Waals surface area contributed by atoms with E-state index in [4.69, 9.17) is 4.42 Å². The molecule has 2 aromatic rings. The summed E-state index contributed by atoms with van der Waals surface area (Å²) in [6.07, 6.45) is 4.01. The Morgan fingerprint density at radius 2 is 2.35 bits per heavy atom. The summed E-state index contributed by atoms with van der Waals surface area (Å²) < 4.78 is 5.84. The highest BCUT2D eigenvalue weighted by atomic mass is 32.2. The monoisotopic (exact) mass is 290 g/mol. The number of carbonyl (C=O) groups excluding carboxylic acids is 1. The van der Waals surface area contributed by atoms with Crippen molar-refractivity contribution in [2.75, 3.05) is 25.1 Å². The first-order valence-corrected chi connectivity index (χ1v) is 8.29. The van der Waals surface area contributed by atoms with Crippen molar-refractivity contribution < 1.29 is 9.21 Å². The van der Waals surface area contributed by atoms with Gasteiger partial charge in [-0.15, -0.1) is 0 Å². The third kappa shape index (κ3) is 2.68. The Balaban J connectivity index is 1.77. The predicted molar refractivity (Wildman–Crippen MR) is 80.9 cm³/mol. The van der Waals surface area contributed by atoms with Crippen molar-refractivity contribution in [3.63, 3.8) is 0 Å². The van der Waals surface area contributed by atoms with Crippen LogP contribution in [-0.4, -0.2) is 40.9 Å². The van der Waals surface area contributed by atoms with Crippen molar-refractivity contribution in [1.29, 1.82) is 0 Å². The Bertz CT molecular complexity index is 578. The number of carbonyl (C=O) groups is 1. The van der Waals surface area contributed by atoms with Crippen molar-refractivity contribution in [3.05, 3.63) is 30.2 Å². The Morgan fingerprint density at radius 3 is 3.15 bits per heavy atom. The van der Waals surface area contributed by atoms with Gasteiger partial charge in [0.15, 0.2) is 11.5 Å². The Morgan fingerprint density at radius 1 is 1.50 bits per heavy atom. The number of piperidine rings is 1. The number of hydrogen-bond acceptors (Lipinski definition) is 4. The van der Waals surface area contributed by atoms with E-state index in [-0.39, 0.29) is 11.8 Å². The van der Waals surface area contributed by atoms with Crippen LogP contribution < -0.4 is 0 Å². The van der Waals surface area contributed by atoms with Gasteiger partial charge in [-0.3, -0.25) is 4.79 Å². The molecule has 1 amide bonds. The molecule has 0 aliphatic carbocycles. The van der Waals surface area contributed by atoms with Crippen LogP contribution in [-0.2, 0) is 4.79 Å². The molecule has 20 heavy (non-hydrogen) atoms. The molecule has 1 aliphatic rings. The largest absolute Gasteiger partial charge is 0.440 e. The topological polar surface area (TPSA) is 46.3 Å². The lowest BCUT2D eigenvalue weighted by Gasteiger charge is -2.31. The molecule has 2 heterocycles. The zero-order valence-electron chi connectivity index (χ0n) is 11.5. The summed E-state index contributed by atoms with van der Waals surface area (Å²) in [7, 11) is 0. The number of para-hydroxylation sites is 2. The first-order valence-electron chi connectivity index (χ1n) is 6.90. The van der Waals surface area contributed by atoms with Crippen LogP contribution in [0.3, 0.4) is 0 Å². The first kappa shape index (κ1) is 13.5. The lowest BCUT2D eigenvalue weighted by molar-refractivity contribution is -0.129. The third-order valence-electron chi connectivity index (χ3n) is 3.70. The number of nitrogens with zero attached hydrogens (tertiary/aromatic N) is 2. The highest BCUT2D eigenvalue weighted by molar-refractivity contribution is 7.99. The minimum Gasteiger partial charge on any atom is -0.440 e. The van der Waals surface area contributed by atoms with E-state index in [1.54, 1.807) is 11.8 Å². The minimum absolute atomic E-state index is 0.221. The molecule has 1 aliphatic heterocycles. The van der Waals surface area contributed by atoms with Gasteiger partial charge in [-0.1, -0.05) is 12.1 Å². The SMILES string of the molecule is CSCC(=O)N1CCC[C@@H](c2nc3ccccc3o2)C1. The van der Waals surface area contributed by atoms with Gasteiger partial charge < -0.3 is 9.32 Å². The second-order valence-electron chi connectivity index (χ2n) is 5.13. The minimum atomic E-state index is 0.221. The zero-order chi connectivity index (χ0) is 13.9. The molecule has 1 atom stereocenters. The lowest BCUT2D eigenvalue weighted by atomic mass is 9.98. The van der Waals surface area contributed by atoms with Crippen molar-refractivity contribution in [3.8, 4) is 0 Å². The molecule has 0 N–H and O–H groups in total. The van der Waals surface area contributed by atoms with Crippen molar-refractivity contribution >= 4 is 28.8 Å². The van der Waals surface area contributed by atoms with Crippen LogP contribution in [0.1, 0.15) is 24.7 Å². The van der Waals surface area contributed by atoms with Crippen LogP contribution >= 0.6 is 11.8 Å². The molecule has 1 aromatic carbocycles. The van der Waals surface area contributed by atoms with E-state index in [9.17, 15) is 4.79 Å². The molecular weight excluding hydrogens is 272 g/mol. The second-order valence-corrected chi connectivity index (χ2v) is 6.00. The van der Waals surface area contributed by atoms with Gasteiger partial charge in [0.1, 0.15) is 5.52 Å². The summed E-state index contributed by atoms with van der Waals surface area (Å²) in [4.78, 5) is 18.5. The van der Waals surface area contributed by atoms with Gasteiger partial charge in [0.2, 0.25) is 5.91 Å². The number of benzene rings is 1. The maximum Gasteiger partial charge on any atom is 0.232 e. The number of fused-ring (bicyclic) bond motifs is 1. The summed E-state index contributed by atoms with van der Waals surface area (Å²) in [5.41, 5.74) is 1.73. The smallest absolute Gasteiger partial charge is 0.232 e. The normalized spacial score (nSPS) is 19.4. The zero-order valence-corrected chi connectivity index (χ0v) is 12.4. The van der Waals surface area contributed by atoms with Crippen molar-refractivity contribution in [2.45, 2.75) is 18.8 Å². The van der Waals surface area contributed by atoms with Crippen molar-refractivity contribution in [2.24, 2.45) is 0 Å². The van der Waals surface area contributed by atoms with E-state index >= 15 is 0 Å². The fraction of sp³-hybridized carbons (Fsp3) is 0.467. The molecule has 1 saturated heterocycles. The predicted octanol–water partition coefficient (Wildman–Crippen LogP) is 2.90. The Labute approximate surface area is 122 Å². The van der Waals surface area contributed by atoms with Crippen LogP contribution in [0.2, 0.25) is 0 Å². The maximum absolute atomic E-state index is 12.0. The molecule has 0 bridgehead atoms. The van der Waals surface area contributed by atoms with E-state index in [1.165, 1.54) is 0 Å². The van der Waals surface area contributed by atoms with Gasteiger partial charge in [-0.05, 0) is 31.2 Å². The molecule has 4 nitrogen and oxygen atoms in total. The van der Waals surface area contributed by atoms with Crippen LogP contribution in [0.25, 0.3) is 11.1 Å². The van der Waals surface area contributed by atoms with Crippen LogP contribution in [0.5, 0.6) is 0 Å². The molecule has 5 heteroatoms. The van der Waals surface area contributed by atoms with Gasteiger partial charge >= 0.3 is 0 Å². The summed E-state index contributed by atoms with van der Waals surface area (Å²) in [6.45, 7) is 1.59. The summed E-state index contributed by atoms with van der Waals surface area (Å²) in [5, 5.41) is 0. The molecular formula is C15H18N2O2S. The molecule has 1 fully saturated rings. The van der Waals surface area contributed by atoms with Gasteiger partial charge in [0.25, 0.3) is 0 Å². The molecule has 0 spiro atoms. The Hall–Kier alpha value is -1.49. The van der Waals surface area contributed by atoms with Gasteiger partial charge in [-0.25, -0.2) is 4.98 Å². The van der Waals surface area contributed by atoms with Crippen LogP contribution in [0.15, 0.2) is 28.7 Å². The van der Waals surface area contributed by atoms with E-state index < -0.39 is 0 Å². The van der Waals surface area contributed by atoms with Crippen LogP contribution in [0.4, 0.5) is 0 Å². The number of rotatable bonds is 3. The number of likely N-dealkylation sites (tertiary alicyclic amines) is 1. The molecule has 0 unspecified atom stereocenters. The molecule has 1 aromatic heterocycles. The molecule has 106 valence electrons. The third-order valence-corrected chi connectivity index (χ3v) is 4.24. The standard InChI is InChI=1S/C15H18N2O2S/c1-20-10-14(18)17-8-4-5-11(9-17)15-16-12-6-2-3-7-13(12)19-15/h2-3,6-7,11H,4-5,8-10H2,1H3/t11-/m1/s1. The van der Waals surface area contributed by atoms with E-state index in [0.29, 0.717) is 5.75 Å². The Kier molecular flexibility index (Phi) is 3.96. The summed E-state index contributed by atoms with van der Waals surface area (Å²) in [6, 6.07) is 7.81. The second kappa shape index (κ2) is 5.87. The number of oxazole rings is 1. The number of hydrogen-bond donors (Lipinski definition) is 0. The highest BCUT2D eigenvalue weighted by Crippen LogP contribution is 2.29. The fourth-order valence-corrected chi connectivity index (χ4v) is 3.11.